The number of carbonyl (C=O) groups is 2. The highest BCUT2D eigenvalue weighted by molar-refractivity contribution is 5.97. The van der Waals surface area contributed by atoms with E-state index < -0.39 is 5.41 Å². The topological polar surface area (TPSA) is 120 Å². The van der Waals surface area contributed by atoms with Gasteiger partial charge in [0.25, 0.3) is 5.91 Å². The van der Waals surface area contributed by atoms with Crippen LogP contribution in [0.1, 0.15) is 74.1 Å². The molecule has 2 bridgehead atoms. The van der Waals surface area contributed by atoms with Crippen molar-refractivity contribution >= 4 is 28.5 Å². The SMILES string of the molecule is CNC(=O)CC(C)(C)c1ccc2cc(-c3nc4cc(C(=O)N5[C@H]6CC[C@@H]5[C@H](N)C6)cc(OC)n4c3C)n(CC3CC3)c2n1. The maximum atomic E-state index is 13.8. The Balaban J connectivity index is 1.33. The lowest BCUT2D eigenvalue weighted by Crippen LogP contribution is -2.40. The first-order valence-electron chi connectivity index (χ1n) is 15.5. The number of aromatic nitrogens is 4. The summed E-state index contributed by atoms with van der Waals surface area (Å²) in [7, 11) is 3.30. The summed E-state index contributed by atoms with van der Waals surface area (Å²) in [5.74, 6) is 1.18. The van der Waals surface area contributed by atoms with Crippen molar-refractivity contribution < 1.29 is 14.3 Å². The molecule has 2 aliphatic heterocycles. The quantitative estimate of drug-likeness (QED) is 0.321. The number of hydrogen-bond donors (Lipinski definition) is 2. The van der Waals surface area contributed by atoms with E-state index in [9.17, 15) is 9.59 Å². The number of rotatable bonds is 8. The average Bonchev–Trinajstić information content (AvgIpc) is 3.31. The molecule has 10 nitrogen and oxygen atoms in total. The van der Waals surface area contributed by atoms with E-state index in [1.165, 1.54) is 12.8 Å². The third kappa shape index (κ3) is 4.58. The minimum atomic E-state index is -0.419. The zero-order valence-electron chi connectivity index (χ0n) is 25.7. The van der Waals surface area contributed by atoms with E-state index in [2.05, 4.69) is 35.9 Å². The highest BCUT2D eigenvalue weighted by atomic mass is 16.5. The van der Waals surface area contributed by atoms with Crippen LogP contribution in [0.25, 0.3) is 28.1 Å². The second-order valence-corrected chi connectivity index (χ2v) is 13.4. The van der Waals surface area contributed by atoms with Crippen molar-refractivity contribution in [2.75, 3.05) is 14.2 Å². The molecule has 0 aromatic carbocycles. The van der Waals surface area contributed by atoms with Gasteiger partial charge in [0, 0.05) is 66.3 Å². The van der Waals surface area contributed by atoms with E-state index >= 15 is 0 Å². The zero-order chi connectivity index (χ0) is 30.2. The van der Waals surface area contributed by atoms with Crippen LogP contribution >= 0.6 is 0 Å². The Bertz CT molecular complexity index is 1770. The molecule has 4 aromatic heterocycles. The van der Waals surface area contributed by atoms with Gasteiger partial charge < -0.3 is 25.3 Å². The summed E-state index contributed by atoms with van der Waals surface area (Å²) in [6, 6.07) is 10.4. The normalized spacial score (nSPS) is 21.7. The highest BCUT2D eigenvalue weighted by Crippen LogP contribution is 2.40. The van der Waals surface area contributed by atoms with E-state index in [1.807, 2.05) is 34.4 Å². The van der Waals surface area contributed by atoms with Crippen LogP contribution in [0.4, 0.5) is 0 Å². The summed E-state index contributed by atoms with van der Waals surface area (Å²) in [5, 5.41) is 3.78. The molecule has 0 spiro atoms. The van der Waals surface area contributed by atoms with Crippen molar-refractivity contribution in [1.29, 1.82) is 0 Å². The number of imidazole rings is 1. The lowest BCUT2D eigenvalue weighted by molar-refractivity contribution is -0.121. The van der Waals surface area contributed by atoms with Crippen LogP contribution in [0.15, 0.2) is 30.3 Å². The molecule has 4 aromatic rings. The number of methoxy groups -OCH3 is 1. The van der Waals surface area contributed by atoms with Gasteiger partial charge in [0.15, 0.2) is 5.88 Å². The molecule has 3 aliphatic rings. The Morgan fingerprint density at radius 3 is 2.56 bits per heavy atom. The summed E-state index contributed by atoms with van der Waals surface area (Å²) < 4.78 is 10.1. The number of nitrogens with two attached hydrogens (primary N) is 1. The van der Waals surface area contributed by atoms with Crippen molar-refractivity contribution in [3.63, 3.8) is 0 Å². The summed E-state index contributed by atoms with van der Waals surface area (Å²) in [6.07, 6.45) is 5.61. The molecular formula is C33H41N7O3. The fourth-order valence-electron chi connectivity index (χ4n) is 7.32. The average molecular weight is 584 g/mol. The van der Waals surface area contributed by atoms with Gasteiger partial charge in [-0.15, -0.1) is 0 Å². The van der Waals surface area contributed by atoms with Crippen LogP contribution in [-0.2, 0) is 16.8 Å². The second-order valence-electron chi connectivity index (χ2n) is 13.4. The van der Waals surface area contributed by atoms with Gasteiger partial charge in [-0.1, -0.05) is 13.8 Å². The highest BCUT2D eigenvalue weighted by Gasteiger charge is 2.47. The van der Waals surface area contributed by atoms with Crippen LogP contribution in [0.5, 0.6) is 5.88 Å². The molecule has 3 fully saturated rings. The van der Waals surface area contributed by atoms with Crippen molar-refractivity contribution in [1.82, 2.24) is 29.2 Å². The van der Waals surface area contributed by atoms with Crippen LogP contribution in [0.2, 0.25) is 0 Å². The lowest BCUT2D eigenvalue weighted by Gasteiger charge is -2.23. The van der Waals surface area contributed by atoms with Gasteiger partial charge in [-0.05, 0) is 69.2 Å². The zero-order valence-corrected chi connectivity index (χ0v) is 25.7. The molecule has 226 valence electrons. The van der Waals surface area contributed by atoms with E-state index in [1.54, 1.807) is 14.2 Å². The molecule has 0 unspecified atom stereocenters. The van der Waals surface area contributed by atoms with Crippen molar-refractivity contribution in [2.24, 2.45) is 11.7 Å². The Labute approximate surface area is 251 Å². The molecule has 6 heterocycles. The molecule has 2 saturated heterocycles. The molecule has 1 aliphatic carbocycles. The van der Waals surface area contributed by atoms with Gasteiger partial charge in [-0.25, -0.2) is 9.97 Å². The number of carbonyl (C=O) groups excluding carboxylic acids is 2. The first-order chi connectivity index (χ1) is 20.6. The van der Waals surface area contributed by atoms with Crippen molar-refractivity contribution in [3.05, 3.63) is 47.3 Å². The number of amides is 2. The number of fused-ring (bicyclic) bond motifs is 4. The van der Waals surface area contributed by atoms with E-state index in [0.29, 0.717) is 29.4 Å². The fraction of sp³-hybridized carbons (Fsp3) is 0.515. The van der Waals surface area contributed by atoms with Gasteiger partial charge in [0.2, 0.25) is 5.91 Å². The second kappa shape index (κ2) is 10.1. The summed E-state index contributed by atoms with van der Waals surface area (Å²) in [4.78, 5) is 38.3. The number of ether oxygens (including phenoxy) is 1. The molecule has 10 heteroatoms. The van der Waals surface area contributed by atoms with Gasteiger partial charge >= 0.3 is 0 Å². The van der Waals surface area contributed by atoms with Gasteiger partial charge in [-0.3, -0.25) is 14.0 Å². The number of hydrogen-bond acceptors (Lipinski definition) is 6. The number of pyridine rings is 2. The molecule has 3 N–H and O–H groups in total. The first kappa shape index (κ1) is 27.9. The van der Waals surface area contributed by atoms with Crippen molar-refractivity contribution in [3.8, 4) is 17.3 Å². The van der Waals surface area contributed by atoms with E-state index in [0.717, 1.165) is 59.6 Å². The molecular weight excluding hydrogens is 542 g/mol. The third-order valence-electron chi connectivity index (χ3n) is 9.89. The molecule has 1 saturated carbocycles. The first-order valence-corrected chi connectivity index (χ1v) is 15.5. The molecule has 2 amide bonds. The maximum absolute atomic E-state index is 13.8. The van der Waals surface area contributed by atoms with Crippen LogP contribution in [0.3, 0.4) is 0 Å². The van der Waals surface area contributed by atoms with Gasteiger partial charge in [0.1, 0.15) is 17.0 Å². The Hall–Kier alpha value is -3.92. The van der Waals surface area contributed by atoms with E-state index in [-0.39, 0.29) is 29.9 Å². The lowest BCUT2D eigenvalue weighted by atomic mass is 9.84. The minimum Gasteiger partial charge on any atom is -0.482 e. The van der Waals surface area contributed by atoms with Gasteiger partial charge in [0.05, 0.1) is 18.5 Å². The summed E-state index contributed by atoms with van der Waals surface area (Å²) in [5.41, 5.74) is 11.8. The Morgan fingerprint density at radius 1 is 1.12 bits per heavy atom. The van der Waals surface area contributed by atoms with E-state index in [4.69, 9.17) is 20.4 Å². The largest absolute Gasteiger partial charge is 0.482 e. The fourth-order valence-corrected chi connectivity index (χ4v) is 7.32. The summed E-state index contributed by atoms with van der Waals surface area (Å²) >= 11 is 0. The number of aryl methyl sites for hydroxylation is 1. The Kier molecular flexibility index (Phi) is 6.54. The van der Waals surface area contributed by atoms with Gasteiger partial charge in [-0.2, -0.15) is 0 Å². The predicted molar refractivity (Wildman–Crippen MR) is 165 cm³/mol. The van der Waals surface area contributed by atoms with Crippen LogP contribution < -0.4 is 15.8 Å². The maximum Gasteiger partial charge on any atom is 0.254 e. The number of nitrogens with zero attached hydrogens (tertiary/aromatic N) is 5. The summed E-state index contributed by atoms with van der Waals surface area (Å²) in [6.45, 7) is 7.02. The third-order valence-corrected chi connectivity index (χ3v) is 9.89. The monoisotopic (exact) mass is 583 g/mol. The van der Waals surface area contributed by atoms with Crippen molar-refractivity contribution in [2.45, 2.75) is 89.4 Å². The smallest absolute Gasteiger partial charge is 0.254 e. The Morgan fingerprint density at radius 2 is 1.91 bits per heavy atom. The van der Waals surface area contributed by atoms with Crippen LogP contribution in [-0.4, -0.2) is 67.9 Å². The molecule has 43 heavy (non-hydrogen) atoms. The molecule has 3 atom stereocenters. The number of nitrogens with one attached hydrogen (secondary N) is 1. The molecule has 7 rings (SSSR count). The van der Waals surface area contributed by atoms with Crippen LogP contribution in [0, 0.1) is 12.8 Å². The minimum absolute atomic E-state index is 0.00222. The standard InChI is InChI=1S/C33H41N7O3/c1-18-30(37-27-13-21(14-29(43-5)39(18)27)32(42)40-22-9-10-24(40)23(34)15-22)25-12-20-8-11-26(33(2,3)16-28(41)35-4)36-31(20)38(25)17-19-6-7-19/h8,11-14,19,22-24H,6-7,9-10,15-17,34H2,1-5H3,(H,35,41)/t22-,23+,24+/m0/s1. The predicted octanol–water partition coefficient (Wildman–Crippen LogP) is 4.20. The molecule has 0 radical (unpaired) electrons.